The lowest BCUT2D eigenvalue weighted by atomic mass is 10.1. The summed E-state index contributed by atoms with van der Waals surface area (Å²) in [5.74, 6) is -0.150. The van der Waals surface area contributed by atoms with E-state index in [1.165, 1.54) is 6.20 Å². The van der Waals surface area contributed by atoms with Crippen molar-refractivity contribution < 1.29 is 4.79 Å². The van der Waals surface area contributed by atoms with E-state index >= 15 is 0 Å². The lowest BCUT2D eigenvalue weighted by molar-refractivity contribution is 0.102. The fourth-order valence-electron chi connectivity index (χ4n) is 1.79. The molecular formula is C14H15Cl2N3O. The van der Waals surface area contributed by atoms with Gasteiger partial charge in [-0.2, -0.15) is 5.10 Å². The fraction of sp³-hybridized carbons (Fsp3) is 0.286. The van der Waals surface area contributed by atoms with Crippen LogP contribution in [0, 0.1) is 0 Å². The van der Waals surface area contributed by atoms with Crippen LogP contribution < -0.4 is 0 Å². The van der Waals surface area contributed by atoms with Gasteiger partial charge in [0.05, 0.1) is 17.8 Å². The zero-order valence-corrected chi connectivity index (χ0v) is 12.8. The normalized spacial score (nSPS) is 11.1. The van der Waals surface area contributed by atoms with Crippen molar-refractivity contribution in [2.24, 2.45) is 0 Å². The number of carbonyl (C=O) groups excluding carboxylic acids is 1. The number of likely N-dealkylation sites (N-methyl/N-ethyl adjacent to an activating group) is 1. The highest BCUT2D eigenvalue weighted by atomic mass is 35.5. The van der Waals surface area contributed by atoms with Crippen LogP contribution in [0.25, 0.3) is 0 Å². The molecule has 0 saturated carbocycles. The van der Waals surface area contributed by atoms with Gasteiger partial charge in [0.15, 0.2) is 0 Å². The third-order valence-electron chi connectivity index (χ3n) is 2.88. The monoisotopic (exact) mass is 311 g/mol. The summed E-state index contributed by atoms with van der Waals surface area (Å²) in [6.45, 7) is 1.38. The zero-order chi connectivity index (χ0) is 14.7. The smallest absolute Gasteiger partial charge is 0.212 e. The molecule has 0 unspecified atom stereocenters. The van der Waals surface area contributed by atoms with Gasteiger partial charge in [-0.15, -0.1) is 0 Å². The minimum Gasteiger partial charge on any atom is -0.308 e. The van der Waals surface area contributed by atoms with E-state index in [1.807, 2.05) is 19.0 Å². The number of benzene rings is 1. The molecule has 0 fully saturated rings. The molecule has 0 atom stereocenters. The summed E-state index contributed by atoms with van der Waals surface area (Å²) >= 11 is 11.9. The van der Waals surface area contributed by atoms with E-state index < -0.39 is 0 Å². The zero-order valence-electron chi connectivity index (χ0n) is 11.3. The van der Waals surface area contributed by atoms with Gasteiger partial charge in [0.2, 0.25) is 5.78 Å². The van der Waals surface area contributed by atoms with Gasteiger partial charge < -0.3 is 4.90 Å². The molecule has 0 aliphatic rings. The van der Waals surface area contributed by atoms with Crippen molar-refractivity contribution in [3.8, 4) is 0 Å². The summed E-state index contributed by atoms with van der Waals surface area (Å²) in [7, 11) is 3.93. The minimum atomic E-state index is -0.150. The highest BCUT2D eigenvalue weighted by molar-refractivity contribution is 6.34. The first-order valence-corrected chi connectivity index (χ1v) is 6.91. The minimum absolute atomic E-state index is 0.150. The van der Waals surface area contributed by atoms with Crippen LogP contribution in [0.3, 0.4) is 0 Å². The molecule has 6 heteroatoms. The molecule has 0 aliphatic carbocycles. The summed E-state index contributed by atoms with van der Waals surface area (Å²) in [5, 5.41) is 5.12. The molecule has 4 nitrogen and oxygen atoms in total. The number of hydrogen-bond acceptors (Lipinski definition) is 3. The van der Waals surface area contributed by atoms with Gasteiger partial charge in [-0.25, -0.2) is 0 Å². The van der Waals surface area contributed by atoms with Crippen molar-refractivity contribution in [1.82, 2.24) is 14.7 Å². The largest absolute Gasteiger partial charge is 0.308 e. The first-order valence-electron chi connectivity index (χ1n) is 6.15. The first kappa shape index (κ1) is 15.0. The molecule has 1 aromatic heterocycles. The number of carbonyl (C=O) groups is 1. The molecule has 0 spiro atoms. The van der Waals surface area contributed by atoms with Gasteiger partial charge in [0.1, 0.15) is 5.69 Å². The lowest BCUT2D eigenvalue weighted by Gasteiger charge is -2.11. The second kappa shape index (κ2) is 6.39. The van der Waals surface area contributed by atoms with Gasteiger partial charge >= 0.3 is 0 Å². The molecular weight excluding hydrogens is 297 g/mol. The molecule has 2 aromatic rings. The Balaban J connectivity index is 2.29. The fourth-order valence-corrected chi connectivity index (χ4v) is 2.14. The third kappa shape index (κ3) is 3.39. The van der Waals surface area contributed by atoms with E-state index in [9.17, 15) is 4.79 Å². The standard InChI is InChI=1S/C14H15Cl2N3O/c1-18(2)7-8-19-13(12(16)9-17-19)14(20)10-3-5-11(15)6-4-10/h3-6,9H,7-8H2,1-2H3. The van der Waals surface area contributed by atoms with E-state index in [-0.39, 0.29) is 5.78 Å². The van der Waals surface area contributed by atoms with E-state index in [0.717, 1.165) is 6.54 Å². The SMILES string of the molecule is CN(C)CCn1ncc(Cl)c1C(=O)c1ccc(Cl)cc1. The Hall–Kier alpha value is -1.36. The molecule has 0 amide bonds. The van der Waals surface area contributed by atoms with Gasteiger partial charge in [-0.05, 0) is 38.4 Å². The Morgan fingerprint density at radius 2 is 1.90 bits per heavy atom. The van der Waals surface area contributed by atoms with E-state index in [0.29, 0.717) is 27.8 Å². The van der Waals surface area contributed by atoms with Crippen LogP contribution in [0.2, 0.25) is 10.0 Å². The summed E-state index contributed by atoms with van der Waals surface area (Å²) in [6.07, 6.45) is 1.50. The van der Waals surface area contributed by atoms with Crippen LogP contribution in [0.5, 0.6) is 0 Å². The first-order chi connectivity index (χ1) is 9.49. The predicted molar refractivity (Wildman–Crippen MR) is 80.7 cm³/mol. The molecule has 20 heavy (non-hydrogen) atoms. The Morgan fingerprint density at radius 3 is 2.50 bits per heavy atom. The Kier molecular flexibility index (Phi) is 4.81. The van der Waals surface area contributed by atoms with Crippen LogP contribution in [0.1, 0.15) is 16.1 Å². The summed E-state index contributed by atoms with van der Waals surface area (Å²) < 4.78 is 1.64. The Morgan fingerprint density at radius 1 is 1.25 bits per heavy atom. The number of aromatic nitrogens is 2. The Labute approximate surface area is 127 Å². The second-order valence-corrected chi connectivity index (χ2v) is 5.55. The molecule has 0 saturated heterocycles. The molecule has 1 aromatic carbocycles. The highest BCUT2D eigenvalue weighted by Crippen LogP contribution is 2.20. The Bertz CT molecular complexity index is 605. The molecule has 0 aliphatic heterocycles. The lowest BCUT2D eigenvalue weighted by Crippen LogP contribution is -2.21. The number of halogens is 2. The average Bonchev–Trinajstić information content (AvgIpc) is 2.77. The maximum Gasteiger partial charge on any atom is 0.212 e. The third-order valence-corrected chi connectivity index (χ3v) is 3.40. The van der Waals surface area contributed by atoms with Crippen LogP contribution in [-0.2, 0) is 6.54 Å². The number of nitrogens with zero attached hydrogens (tertiary/aromatic N) is 3. The van der Waals surface area contributed by atoms with E-state index in [2.05, 4.69) is 5.10 Å². The summed E-state index contributed by atoms with van der Waals surface area (Å²) in [5.41, 5.74) is 0.957. The van der Waals surface area contributed by atoms with Gasteiger partial charge in [0.25, 0.3) is 0 Å². The van der Waals surface area contributed by atoms with E-state index in [4.69, 9.17) is 23.2 Å². The van der Waals surface area contributed by atoms with Crippen LogP contribution in [0.15, 0.2) is 30.5 Å². The maximum absolute atomic E-state index is 12.5. The van der Waals surface area contributed by atoms with Crippen LogP contribution >= 0.6 is 23.2 Å². The quantitative estimate of drug-likeness (QED) is 0.797. The number of ketones is 1. The van der Waals surface area contributed by atoms with Gasteiger partial charge in [-0.3, -0.25) is 9.48 Å². The van der Waals surface area contributed by atoms with Crippen molar-refractivity contribution >= 4 is 29.0 Å². The van der Waals surface area contributed by atoms with Gasteiger partial charge in [-0.1, -0.05) is 23.2 Å². The predicted octanol–water partition coefficient (Wildman–Crippen LogP) is 2.98. The maximum atomic E-state index is 12.5. The topological polar surface area (TPSA) is 38.1 Å². The molecule has 0 N–H and O–H groups in total. The molecule has 0 bridgehead atoms. The van der Waals surface area contributed by atoms with Crippen molar-refractivity contribution in [1.29, 1.82) is 0 Å². The molecule has 1 heterocycles. The van der Waals surface area contributed by atoms with Crippen molar-refractivity contribution in [3.05, 3.63) is 51.8 Å². The highest BCUT2D eigenvalue weighted by Gasteiger charge is 2.19. The summed E-state index contributed by atoms with van der Waals surface area (Å²) in [6, 6.07) is 6.74. The average molecular weight is 312 g/mol. The molecule has 106 valence electrons. The molecule has 0 radical (unpaired) electrons. The number of rotatable bonds is 5. The van der Waals surface area contributed by atoms with E-state index in [1.54, 1.807) is 28.9 Å². The van der Waals surface area contributed by atoms with Crippen molar-refractivity contribution in [2.45, 2.75) is 6.54 Å². The number of hydrogen-bond donors (Lipinski definition) is 0. The second-order valence-electron chi connectivity index (χ2n) is 4.70. The van der Waals surface area contributed by atoms with Crippen LogP contribution in [-0.4, -0.2) is 41.1 Å². The van der Waals surface area contributed by atoms with Gasteiger partial charge in [0, 0.05) is 17.1 Å². The summed E-state index contributed by atoms with van der Waals surface area (Å²) in [4.78, 5) is 14.5. The molecule has 2 rings (SSSR count). The van der Waals surface area contributed by atoms with Crippen molar-refractivity contribution in [3.63, 3.8) is 0 Å². The van der Waals surface area contributed by atoms with Crippen LogP contribution in [0.4, 0.5) is 0 Å². The van der Waals surface area contributed by atoms with Crippen molar-refractivity contribution in [2.75, 3.05) is 20.6 Å².